The van der Waals surface area contributed by atoms with E-state index in [1.54, 1.807) is 0 Å². The first-order chi connectivity index (χ1) is 8.10. The normalized spacial score (nSPS) is 10.6. The van der Waals surface area contributed by atoms with Crippen molar-refractivity contribution in [3.05, 3.63) is 46.4 Å². The zero-order chi connectivity index (χ0) is 12.4. The lowest BCUT2D eigenvalue weighted by Crippen LogP contribution is -1.97. The molecule has 1 heterocycles. The molecule has 88 valence electrons. The van der Waals surface area contributed by atoms with Gasteiger partial charge in [-0.25, -0.2) is 9.97 Å². The lowest BCUT2D eigenvalue weighted by Gasteiger charge is -2.08. The second kappa shape index (κ2) is 4.84. The number of aromatic nitrogens is 2. The van der Waals surface area contributed by atoms with Crippen LogP contribution < -0.4 is 0 Å². The Hall–Kier alpha value is -1.41. The van der Waals surface area contributed by atoms with Crippen molar-refractivity contribution in [3.63, 3.8) is 0 Å². The third-order valence-corrected chi connectivity index (χ3v) is 2.92. The number of aryl methyl sites for hydroxylation is 3. The maximum atomic E-state index is 6.02. The van der Waals surface area contributed by atoms with E-state index in [2.05, 4.69) is 42.0 Å². The van der Waals surface area contributed by atoms with Crippen LogP contribution in [0, 0.1) is 13.8 Å². The average molecular weight is 247 g/mol. The van der Waals surface area contributed by atoms with Gasteiger partial charge in [-0.2, -0.15) is 0 Å². The molecule has 0 saturated carbocycles. The van der Waals surface area contributed by atoms with Crippen LogP contribution in [0.4, 0.5) is 0 Å². The van der Waals surface area contributed by atoms with Gasteiger partial charge in [-0.05, 0) is 25.5 Å². The Kier molecular flexibility index (Phi) is 3.43. The van der Waals surface area contributed by atoms with Crippen LogP contribution in [0.2, 0.25) is 5.15 Å². The van der Waals surface area contributed by atoms with Crippen LogP contribution in [-0.4, -0.2) is 9.97 Å². The molecule has 0 aliphatic carbocycles. The number of rotatable bonds is 2. The van der Waals surface area contributed by atoms with Crippen molar-refractivity contribution in [2.24, 2.45) is 0 Å². The monoisotopic (exact) mass is 246 g/mol. The van der Waals surface area contributed by atoms with Crippen LogP contribution in [0.15, 0.2) is 24.3 Å². The number of nitrogens with zero attached hydrogens (tertiary/aromatic N) is 2. The van der Waals surface area contributed by atoms with Crippen molar-refractivity contribution in [1.29, 1.82) is 0 Å². The predicted octanol–water partition coefficient (Wildman–Crippen LogP) is 3.98. The van der Waals surface area contributed by atoms with E-state index < -0.39 is 0 Å². The zero-order valence-electron chi connectivity index (χ0n) is 10.3. The van der Waals surface area contributed by atoms with Crippen LogP contribution in [0.1, 0.15) is 23.9 Å². The summed E-state index contributed by atoms with van der Waals surface area (Å²) in [5.41, 5.74) is 4.46. The van der Waals surface area contributed by atoms with E-state index in [4.69, 9.17) is 11.6 Å². The molecule has 1 aromatic heterocycles. The smallest absolute Gasteiger partial charge is 0.133 e. The Morgan fingerprint density at radius 2 is 1.88 bits per heavy atom. The first-order valence-electron chi connectivity index (χ1n) is 5.71. The number of hydrogen-bond donors (Lipinski definition) is 0. The molecule has 0 unspecified atom stereocenters. The highest BCUT2D eigenvalue weighted by Gasteiger charge is 2.07. The van der Waals surface area contributed by atoms with Crippen LogP contribution >= 0.6 is 11.6 Å². The van der Waals surface area contributed by atoms with E-state index in [1.165, 1.54) is 11.1 Å². The lowest BCUT2D eigenvalue weighted by atomic mass is 10.0. The molecule has 1 aromatic carbocycles. The minimum atomic E-state index is 0.507. The highest BCUT2D eigenvalue weighted by Crippen LogP contribution is 2.24. The van der Waals surface area contributed by atoms with Crippen molar-refractivity contribution >= 4 is 11.6 Å². The van der Waals surface area contributed by atoms with E-state index in [-0.39, 0.29) is 0 Å². The van der Waals surface area contributed by atoms with Gasteiger partial charge in [0.25, 0.3) is 0 Å². The maximum absolute atomic E-state index is 6.02. The Morgan fingerprint density at radius 3 is 2.59 bits per heavy atom. The Bertz CT molecular complexity index is 550. The van der Waals surface area contributed by atoms with Crippen molar-refractivity contribution in [2.75, 3.05) is 0 Å². The summed E-state index contributed by atoms with van der Waals surface area (Å²) in [4.78, 5) is 8.71. The van der Waals surface area contributed by atoms with Gasteiger partial charge in [0.15, 0.2) is 0 Å². The first-order valence-corrected chi connectivity index (χ1v) is 6.09. The van der Waals surface area contributed by atoms with Gasteiger partial charge in [0, 0.05) is 18.1 Å². The fraction of sp³-hybridized carbons (Fsp3) is 0.286. The Balaban J connectivity index is 2.59. The summed E-state index contributed by atoms with van der Waals surface area (Å²) in [7, 11) is 0. The third kappa shape index (κ3) is 2.64. The SMILES string of the molecule is CCc1nc(Cl)cc(-c2cc(C)ccc2C)n1. The van der Waals surface area contributed by atoms with Gasteiger partial charge in [0.2, 0.25) is 0 Å². The fourth-order valence-corrected chi connectivity index (χ4v) is 1.97. The molecule has 2 nitrogen and oxygen atoms in total. The van der Waals surface area contributed by atoms with E-state index >= 15 is 0 Å². The standard InChI is InChI=1S/C14H15ClN2/c1-4-14-16-12(8-13(15)17-14)11-7-9(2)5-6-10(11)3/h5-8H,4H2,1-3H3. The van der Waals surface area contributed by atoms with Crippen molar-refractivity contribution < 1.29 is 0 Å². The molecule has 0 aliphatic rings. The molecule has 0 N–H and O–H groups in total. The summed E-state index contributed by atoms with van der Waals surface area (Å²) in [5, 5.41) is 0.507. The molecule has 0 radical (unpaired) electrons. The quantitative estimate of drug-likeness (QED) is 0.750. The van der Waals surface area contributed by atoms with E-state index in [0.717, 1.165) is 23.5 Å². The summed E-state index contributed by atoms with van der Waals surface area (Å²) in [6, 6.07) is 8.16. The summed E-state index contributed by atoms with van der Waals surface area (Å²) >= 11 is 6.02. The zero-order valence-corrected chi connectivity index (χ0v) is 11.0. The second-order valence-corrected chi connectivity index (χ2v) is 4.55. The molecule has 0 spiro atoms. The number of hydrogen-bond acceptors (Lipinski definition) is 2. The maximum Gasteiger partial charge on any atom is 0.133 e. The number of halogens is 1. The van der Waals surface area contributed by atoms with Gasteiger partial charge in [-0.1, -0.05) is 36.2 Å². The molecular formula is C14H15ClN2. The molecule has 0 aliphatic heterocycles. The van der Waals surface area contributed by atoms with Crippen LogP contribution in [0.5, 0.6) is 0 Å². The molecule has 0 fully saturated rings. The Morgan fingerprint density at radius 1 is 1.12 bits per heavy atom. The highest BCUT2D eigenvalue weighted by atomic mass is 35.5. The molecule has 17 heavy (non-hydrogen) atoms. The second-order valence-electron chi connectivity index (χ2n) is 4.16. The van der Waals surface area contributed by atoms with Crippen molar-refractivity contribution in [2.45, 2.75) is 27.2 Å². The minimum absolute atomic E-state index is 0.507. The fourth-order valence-electron chi connectivity index (χ4n) is 1.77. The van der Waals surface area contributed by atoms with E-state index in [1.807, 2.05) is 13.0 Å². The number of benzene rings is 1. The molecule has 0 bridgehead atoms. The summed E-state index contributed by atoms with van der Waals surface area (Å²) in [5.74, 6) is 0.786. The van der Waals surface area contributed by atoms with Gasteiger partial charge < -0.3 is 0 Å². The molecule has 2 rings (SSSR count). The van der Waals surface area contributed by atoms with Crippen LogP contribution in [-0.2, 0) is 6.42 Å². The minimum Gasteiger partial charge on any atom is -0.233 e. The third-order valence-electron chi connectivity index (χ3n) is 2.73. The largest absolute Gasteiger partial charge is 0.233 e. The molecule has 0 atom stereocenters. The summed E-state index contributed by atoms with van der Waals surface area (Å²) in [6.07, 6.45) is 0.790. The average Bonchev–Trinajstić information content (AvgIpc) is 2.31. The molecular weight excluding hydrogens is 232 g/mol. The van der Waals surface area contributed by atoms with Crippen LogP contribution in [0.25, 0.3) is 11.3 Å². The van der Waals surface area contributed by atoms with Gasteiger partial charge in [0.05, 0.1) is 5.69 Å². The Labute approximate surface area is 107 Å². The predicted molar refractivity (Wildman–Crippen MR) is 71.3 cm³/mol. The molecule has 0 amide bonds. The molecule has 0 saturated heterocycles. The van der Waals surface area contributed by atoms with Gasteiger partial charge in [-0.15, -0.1) is 0 Å². The van der Waals surface area contributed by atoms with Gasteiger partial charge >= 0.3 is 0 Å². The summed E-state index contributed by atoms with van der Waals surface area (Å²) in [6.45, 7) is 6.18. The van der Waals surface area contributed by atoms with Gasteiger partial charge in [-0.3, -0.25) is 0 Å². The molecule has 3 heteroatoms. The molecule has 2 aromatic rings. The topological polar surface area (TPSA) is 25.8 Å². The van der Waals surface area contributed by atoms with Crippen molar-refractivity contribution in [1.82, 2.24) is 9.97 Å². The van der Waals surface area contributed by atoms with E-state index in [9.17, 15) is 0 Å². The van der Waals surface area contributed by atoms with Crippen molar-refractivity contribution in [3.8, 4) is 11.3 Å². The first kappa shape index (κ1) is 12.1. The summed E-state index contributed by atoms with van der Waals surface area (Å²) < 4.78 is 0. The highest BCUT2D eigenvalue weighted by molar-refractivity contribution is 6.29. The lowest BCUT2D eigenvalue weighted by molar-refractivity contribution is 0.943. The van der Waals surface area contributed by atoms with Crippen LogP contribution in [0.3, 0.4) is 0 Å². The van der Waals surface area contributed by atoms with Gasteiger partial charge in [0.1, 0.15) is 11.0 Å². The van der Waals surface area contributed by atoms with E-state index in [0.29, 0.717) is 5.15 Å².